The SMILES string of the molecule is CC1(N)N=C(N)C2=C(CCN(c3ncccc3C(F)(F)F)CC2)N1. The van der Waals surface area contributed by atoms with Gasteiger partial charge in [-0.25, -0.2) is 9.98 Å². The minimum absolute atomic E-state index is 0.0594. The van der Waals surface area contributed by atoms with Crippen molar-refractivity contribution in [1.82, 2.24) is 10.3 Å². The lowest BCUT2D eigenvalue weighted by Crippen LogP contribution is -2.53. The van der Waals surface area contributed by atoms with Crippen molar-refractivity contribution < 1.29 is 13.2 Å². The van der Waals surface area contributed by atoms with Crippen molar-refractivity contribution in [3.05, 3.63) is 35.2 Å². The smallest absolute Gasteiger partial charge is 0.384 e. The van der Waals surface area contributed by atoms with Gasteiger partial charge in [0, 0.05) is 37.0 Å². The van der Waals surface area contributed by atoms with Crippen LogP contribution in [-0.4, -0.2) is 29.7 Å². The van der Waals surface area contributed by atoms with Gasteiger partial charge in [0.1, 0.15) is 11.7 Å². The Morgan fingerprint density at radius 2 is 2.00 bits per heavy atom. The molecule has 2 aliphatic rings. The number of amidine groups is 1. The second-order valence-corrected chi connectivity index (χ2v) is 6.09. The van der Waals surface area contributed by atoms with E-state index < -0.39 is 17.5 Å². The van der Waals surface area contributed by atoms with Crippen LogP contribution in [0.2, 0.25) is 0 Å². The van der Waals surface area contributed by atoms with Crippen LogP contribution in [0.1, 0.15) is 25.3 Å². The zero-order valence-electron chi connectivity index (χ0n) is 13.2. The Bertz CT molecular complexity index is 707. The lowest BCUT2D eigenvalue weighted by Gasteiger charge is -2.31. The van der Waals surface area contributed by atoms with E-state index in [0.29, 0.717) is 31.8 Å². The molecule has 2 aliphatic heterocycles. The maximum atomic E-state index is 13.2. The zero-order chi connectivity index (χ0) is 17.5. The molecule has 3 heterocycles. The summed E-state index contributed by atoms with van der Waals surface area (Å²) >= 11 is 0. The molecular weight excluding hydrogens is 321 g/mol. The molecule has 0 amide bonds. The van der Waals surface area contributed by atoms with Gasteiger partial charge in [0.25, 0.3) is 0 Å². The number of nitrogens with two attached hydrogens (primary N) is 2. The van der Waals surface area contributed by atoms with Crippen LogP contribution in [0, 0.1) is 0 Å². The summed E-state index contributed by atoms with van der Waals surface area (Å²) in [6.07, 6.45) is -2.11. The van der Waals surface area contributed by atoms with Crippen LogP contribution >= 0.6 is 0 Å². The fourth-order valence-corrected chi connectivity index (χ4v) is 3.06. The number of nitrogens with zero attached hydrogens (tertiary/aromatic N) is 3. The van der Waals surface area contributed by atoms with Gasteiger partial charge in [0.15, 0.2) is 5.79 Å². The molecule has 1 unspecified atom stereocenters. The van der Waals surface area contributed by atoms with Crippen LogP contribution in [0.15, 0.2) is 34.6 Å². The molecule has 0 saturated heterocycles. The lowest BCUT2D eigenvalue weighted by atomic mass is 10.1. The van der Waals surface area contributed by atoms with Gasteiger partial charge in [-0.3, -0.25) is 5.73 Å². The highest BCUT2D eigenvalue weighted by molar-refractivity contribution is 5.98. The first kappa shape index (κ1) is 16.6. The van der Waals surface area contributed by atoms with Crippen molar-refractivity contribution in [1.29, 1.82) is 0 Å². The Kier molecular flexibility index (Phi) is 3.90. The molecule has 0 aliphatic carbocycles. The third kappa shape index (κ3) is 3.16. The Morgan fingerprint density at radius 1 is 1.29 bits per heavy atom. The molecule has 0 spiro atoms. The molecule has 24 heavy (non-hydrogen) atoms. The van der Waals surface area contributed by atoms with E-state index >= 15 is 0 Å². The first-order valence-corrected chi connectivity index (χ1v) is 7.59. The number of hydrogen-bond acceptors (Lipinski definition) is 6. The van der Waals surface area contributed by atoms with Gasteiger partial charge < -0.3 is 16.0 Å². The summed E-state index contributed by atoms with van der Waals surface area (Å²) in [4.78, 5) is 9.77. The summed E-state index contributed by atoms with van der Waals surface area (Å²) in [5.74, 6) is -0.719. The number of nitrogens with one attached hydrogen (secondary N) is 1. The largest absolute Gasteiger partial charge is 0.419 e. The van der Waals surface area contributed by atoms with Crippen LogP contribution in [0.5, 0.6) is 0 Å². The highest BCUT2D eigenvalue weighted by Gasteiger charge is 2.36. The summed E-state index contributed by atoms with van der Waals surface area (Å²) in [6.45, 7) is 2.44. The van der Waals surface area contributed by atoms with Gasteiger partial charge in [0.05, 0.1) is 5.56 Å². The monoisotopic (exact) mass is 340 g/mol. The molecule has 1 atom stereocenters. The molecule has 130 valence electrons. The topological polar surface area (TPSA) is 92.6 Å². The van der Waals surface area contributed by atoms with E-state index in [-0.39, 0.29) is 5.82 Å². The number of rotatable bonds is 1. The van der Waals surface area contributed by atoms with Crippen molar-refractivity contribution >= 4 is 11.7 Å². The number of aliphatic imine (C=N–C) groups is 1. The predicted octanol–water partition coefficient (Wildman–Crippen LogP) is 1.55. The molecule has 1 aromatic heterocycles. The molecule has 5 N–H and O–H groups in total. The number of halogens is 3. The van der Waals surface area contributed by atoms with Crippen molar-refractivity contribution in [2.24, 2.45) is 16.5 Å². The van der Waals surface area contributed by atoms with E-state index in [1.165, 1.54) is 12.3 Å². The van der Waals surface area contributed by atoms with Crippen molar-refractivity contribution in [2.45, 2.75) is 31.7 Å². The number of aromatic nitrogens is 1. The molecule has 0 radical (unpaired) electrons. The summed E-state index contributed by atoms with van der Waals surface area (Å²) in [5.41, 5.74) is 12.9. The molecular formula is C15H19F3N6. The van der Waals surface area contributed by atoms with Gasteiger partial charge >= 0.3 is 6.18 Å². The van der Waals surface area contributed by atoms with Gasteiger partial charge in [0.2, 0.25) is 0 Å². The number of hydrogen-bond donors (Lipinski definition) is 3. The maximum Gasteiger partial charge on any atom is 0.419 e. The van der Waals surface area contributed by atoms with Crippen LogP contribution in [-0.2, 0) is 6.18 Å². The number of anilines is 1. The Hall–Kier alpha value is -2.29. The minimum atomic E-state index is -4.45. The summed E-state index contributed by atoms with van der Waals surface area (Å²) < 4.78 is 39.7. The van der Waals surface area contributed by atoms with Crippen LogP contribution in [0.3, 0.4) is 0 Å². The molecule has 3 rings (SSSR count). The molecule has 0 fully saturated rings. The molecule has 0 bridgehead atoms. The molecule has 9 heteroatoms. The van der Waals surface area contributed by atoms with Gasteiger partial charge in [-0.05, 0) is 25.5 Å². The Balaban J connectivity index is 1.87. The Labute approximate surface area is 137 Å². The number of alkyl halides is 3. The third-order valence-corrected chi connectivity index (χ3v) is 4.09. The van der Waals surface area contributed by atoms with Gasteiger partial charge in [-0.15, -0.1) is 0 Å². The van der Waals surface area contributed by atoms with Crippen molar-refractivity contribution in [2.75, 3.05) is 18.0 Å². The standard InChI is InChI=1S/C15H19F3N6/c1-14(20)22-11-5-8-24(7-4-9(11)12(19)23-14)13-10(15(16,17)18)3-2-6-21-13/h2-3,6,22H,4-5,7-8,20H2,1H3,(H2,19,23). The average molecular weight is 340 g/mol. The summed E-state index contributed by atoms with van der Waals surface area (Å²) in [7, 11) is 0. The van der Waals surface area contributed by atoms with E-state index in [2.05, 4.69) is 15.3 Å². The Morgan fingerprint density at radius 3 is 2.71 bits per heavy atom. The van der Waals surface area contributed by atoms with Gasteiger partial charge in [-0.1, -0.05) is 0 Å². The molecule has 0 aromatic carbocycles. The normalized spacial score (nSPS) is 24.9. The molecule has 6 nitrogen and oxygen atoms in total. The van der Waals surface area contributed by atoms with Crippen LogP contribution in [0.4, 0.5) is 19.0 Å². The quantitative estimate of drug-likeness (QED) is 0.721. The third-order valence-electron chi connectivity index (χ3n) is 4.09. The van der Waals surface area contributed by atoms with Crippen molar-refractivity contribution in [3.8, 4) is 0 Å². The highest BCUT2D eigenvalue weighted by Crippen LogP contribution is 2.36. The lowest BCUT2D eigenvalue weighted by molar-refractivity contribution is -0.137. The van der Waals surface area contributed by atoms with E-state index in [1.54, 1.807) is 11.8 Å². The fraction of sp³-hybridized carbons (Fsp3) is 0.467. The average Bonchev–Trinajstić information content (AvgIpc) is 2.68. The van der Waals surface area contributed by atoms with E-state index in [9.17, 15) is 13.2 Å². The van der Waals surface area contributed by atoms with E-state index in [0.717, 1.165) is 17.3 Å². The first-order chi connectivity index (χ1) is 11.2. The summed E-state index contributed by atoms with van der Waals surface area (Å²) in [5, 5.41) is 3.10. The van der Waals surface area contributed by atoms with E-state index in [4.69, 9.17) is 11.5 Å². The second kappa shape index (κ2) is 5.66. The maximum absolute atomic E-state index is 13.2. The van der Waals surface area contributed by atoms with Gasteiger partial charge in [-0.2, -0.15) is 13.2 Å². The fourth-order valence-electron chi connectivity index (χ4n) is 3.06. The summed E-state index contributed by atoms with van der Waals surface area (Å²) in [6, 6.07) is 2.34. The minimum Gasteiger partial charge on any atom is -0.384 e. The van der Waals surface area contributed by atoms with Crippen LogP contribution in [0.25, 0.3) is 0 Å². The number of pyridine rings is 1. The zero-order valence-corrected chi connectivity index (χ0v) is 13.2. The van der Waals surface area contributed by atoms with Crippen LogP contribution < -0.4 is 21.7 Å². The van der Waals surface area contributed by atoms with Crippen molar-refractivity contribution in [3.63, 3.8) is 0 Å². The predicted molar refractivity (Wildman–Crippen MR) is 85.1 cm³/mol. The molecule has 0 saturated carbocycles. The second-order valence-electron chi connectivity index (χ2n) is 6.09. The first-order valence-electron chi connectivity index (χ1n) is 7.59. The van der Waals surface area contributed by atoms with E-state index in [1.807, 2.05) is 0 Å². The highest BCUT2D eigenvalue weighted by atomic mass is 19.4. The molecule has 1 aromatic rings.